The van der Waals surface area contributed by atoms with Crippen molar-refractivity contribution in [2.24, 2.45) is 4.99 Å². The van der Waals surface area contributed by atoms with Crippen molar-refractivity contribution in [2.45, 2.75) is 18.1 Å². The van der Waals surface area contributed by atoms with Gasteiger partial charge in [0, 0.05) is 37.4 Å². The summed E-state index contributed by atoms with van der Waals surface area (Å²) in [6.45, 7) is 0.921. The van der Waals surface area contributed by atoms with Crippen LogP contribution in [0.3, 0.4) is 0 Å². The zero-order chi connectivity index (χ0) is 21.5. The van der Waals surface area contributed by atoms with Crippen molar-refractivity contribution in [3.05, 3.63) is 59.4 Å². The molecule has 158 valence electrons. The number of carbonyl (C=O) groups is 2. The van der Waals surface area contributed by atoms with Crippen LogP contribution in [-0.4, -0.2) is 47.4 Å². The topological polar surface area (TPSA) is 71.0 Å². The highest BCUT2D eigenvalue weighted by atomic mass is 35.5. The van der Waals surface area contributed by atoms with Gasteiger partial charge in [-0.1, -0.05) is 29.4 Å². The Hall–Kier alpha value is -2.42. The molecule has 0 spiro atoms. The first-order chi connectivity index (χ1) is 14.5. The van der Waals surface area contributed by atoms with Gasteiger partial charge in [-0.15, -0.1) is 0 Å². The normalized spacial score (nSPS) is 17.6. The van der Waals surface area contributed by atoms with Crippen molar-refractivity contribution in [3.63, 3.8) is 0 Å². The Morgan fingerprint density at radius 2 is 2.07 bits per heavy atom. The molecule has 30 heavy (non-hydrogen) atoms. The van der Waals surface area contributed by atoms with Crippen LogP contribution in [0.25, 0.3) is 0 Å². The Kier molecular flexibility index (Phi) is 7.84. The summed E-state index contributed by atoms with van der Waals surface area (Å²) < 4.78 is 18.2. The number of hydrogen-bond donors (Lipinski definition) is 1. The van der Waals surface area contributed by atoms with Crippen molar-refractivity contribution in [2.75, 3.05) is 25.6 Å². The van der Waals surface area contributed by atoms with Crippen LogP contribution in [0.2, 0.25) is 5.02 Å². The fourth-order valence-electron chi connectivity index (χ4n) is 2.87. The highest BCUT2D eigenvalue weighted by Crippen LogP contribution is 2.32. The molecule has 2 aromatic carbocycles. The number of nitrogens with zero attached hydrogens (tertiary/aromatic N) is 2. The number of halogens is 2. The summed E-state index contributed by atoms with van der Waals surface area (Å²) in [7, 11) is 1.59. The zero-order valence-corrected chi connectivity index (χ0v) is 17.9. The lowest BCUT2D eigenvalue weighted by atomic mass is 10.2. The number of amides is 2. The van der Waals surface area contributed by atoms with Crippen LogP contribution < -0.4 is 5.32 Å². The highest BCUT2D eigenvalue weighted by molar-refractivity contribution is 8.15. The van der Waals surface area contributed by atoms with Gasteiger partial charge in [0.1, 0.15) is 11.1 Å². The quantitative estimate of drug-likeness (QED) is 0.603. The summed E-state index contributed by atoms with van der Waals surface area (Å²) in [5, 5.41) is 3.17. The van der Waals surface area contributed by atoms with Gasteiger partial charge in [0.05, 0.1) is 5.69 Å². The van der Waals surface area contributed by atoms with Crippen molar-refractivity contribution < 1.29 is 18.7 Å². The van der Waals surface area contributed by atoms with Crippen molar-refractivity contribution in [1.29, 1.82) is 0 Å². The minimum atomic E-state index is -0.592. The number of nitrogens with one attached hydrogen (secondary N) is 1. The van der Waals surface area contributed by atoms with E-state index in [0.717, 1.165) is 0 Å². The summed E-state index contributed by atoms with van der Waals surface area (Å²) in [4.78, 5) is 31.4. The molecule has 0 aliphatic carbocycles. The van der Waals surface area contributed by atoms with Gasteiger partial charge in [-0.2, -0.15) is 0 Å². The van der Waals surface area contributed by atoms with E-state index < -0.39 is 5.25 Å². The van der Waals surface area contributed by atoms with Gasteiger partial charge < -0.3 is 10.1 Å². The molecule has 2 aromatic rings. The molecule has 0 saturated carbocycles. The first kappa shape index (κ1) is 22.3. The monoisotopic (exact) mass is 449 g/mol. The first-order valence-corrected chi connectivity index (χ1v) is 10.6. The lowest BCUT2D eigenvalue weighted by molar-refractivity contribution is -0.128. The van der Waals surface area contributed by atoms with Gasteiger partial charge in [-0.3, -0.25) is 14.5 Å². The Balaban J connectivity index is 1.72. The molecule has 1 fully saturated rings. The molecular formula is C21H21ClFN3O3S. The number of benzene rings is 2. The molecule has 0 aromatic heterocycles. The number of anilines is 1. The second kappa shape index (κ2) is 10.6. The number of ether oxygens (including phenoxy) is 1. The second-order valence-electron chi connectivity index (χ2n) is 6.58. The van der Waals surface area contributed by atoms with E-state index in [1.165, 1.54) is 23.9 Å². The molecule has 1 unspecified atom stereocenters. The maximum atomic E-state index is 13.2. The van der Waals surface area contributed by atoms with E-state index in [1.54, 1.807) is 48.4 Å². The average Bonchev–Trinajstić information content (AvgIpc) is 2.98. The van der Waals surface area contributed by atoms with Crippen LogP contribution in [-0.2, 0) is 14.3 Å². The summed E-state index contributed by atoms with van der Waals surface area (Å²) >= 11 is 7.17. The fourth-order valence-corrected chi connectivity index (χ4v) is 4.24. The van der Waals surface area contributed by atoms with Crippen molar-refractivity contribution in [3.8, 4) is 0 Å². The Morgan fingerprint density at radius 1 is 1.30 bits per heavy atom. The summed E-state index contributed by atoms with van der Waals surface area (Å²) in [5.41, 5.74) is 1.10. The maximum Gasteiger partial charge on any atom is 0.242 e. The van der Waals surface area contributed by atoms with E-state index in [2.05, 4.69) is 10.3 Å². The number of thioether (sulfide) groups is 1. The maximum absolute atomic E-state index is 13.2. The fraction of sp³-hybridized carbons (Fsp3) is 0.286. The number of carbonyl (C=O) groups excluding carboxylic acids is 2. The molecule has 1 aliphatic heterocycles. The number of rotatable bonds is 8. The Labute approximate surface area is 183 Å². The lowest BCUT2D eigenvalue weighted by Crippen LogP contribution is -2.34. The predicted molar refractivity (Wildman–Crippen MR) is 118 cm³/mol. The molecular weight excluding hydrogens is 429 g/mol. The highest BCUT2D eigenvalue weighted by Gasteiger charge is 2.38. The van der Waals surface area contributed by atoms with E-state index in [9.17, 15) is 14.0 Å². The van der Waals surface area contributed by atoms with Gasteiger partial charge in [0.25, 0.3) is 0 Å². The van der Waals surface area contributed by atoms with E-state index in [-0.39, 0.29) is 24.1 Å². The van der Waals surface area contributed by atoms with Crippen LogP contribution in [0, 0.1) is 5.82 Å². The van der Waals surface area contributed by atoms with E-state index in [0.29, 0.717) is 41.1 Å². The average molecular weight is 450 g/mol. The molecule has 1 atom stereocenters. The van der Waals surface area contributed by atoms with Crippen LogP contribution in [0.1, 0.15) is 12.8 Å². The standard InChI is InChI=1S/C21H21ClFN3O3S/c1-29-11-3-10-26-20(28)18(13-19(27)24-17-5-2-4-14(22)12-17)30-21(26)25-16-8-6-15(23)7-9-16/h2,4-9,12,18H,3,10-11,13H2,1H3,(H,24,27). The Bertz CT molecular complexity index is 939. The van der Waals surface area contributed by atoms with Crippen molar-refractivity contribution >= 4 is 51.7 Å². The number of methoxy groups -OCH3 is 1. The molecule has 1 aliphatic rings. The molecule has 0 bridgehead atoms. The van der Waals surface area contributed by atoms with E-state index in [4.69, 9.17) is 16.3 Å². The van der Waals surface area contributed by atoms with E-state index in [1.807, 2.05) is 0 Å². The third-order valence-corrected chi connectivity index (χ3v) is 5.69. The second-order valence-corrected chi connectivity index (χ2v) is 8.18. The number of hydrogen-bond acceptors (Lipinski definition) is 5. The minimum Gasteiger partial charge on any atom is -0.385 e. The molecule has 3 rings (SSSR count). The minimum absolute atomic E-state index is 0.000765. The van der Waals surface area contributed by atoms with Crippen LogP contribution in [0.5, 0.6) is 0 Å². The molecule has 0 radical (unpaired) electrons. The van der Waals surface area contributed by atoms with Gasteiger partial charge in [0.2, 0.25) is 11.8 Å². The van der Waals surface area contributed by atoms with Gasteiger partial charge in [0.15, 0.2) is 5.17 Å². The van der Waals surface area contributed by atoms with Crippen LogP contribution in [0.15, 0.2) is 53.5 Å². The van der Waals surface area contributed by atoms with Gasteiger partial charge in [-0.05, 0) is 48.9 Å². The molecule has 2 amide bonds. The third kappa shape index (κ3) is 6.04. The predicted octanol–water partition coefficient (Wildman–Crippen LogP) is 4.48. The van der Waals surface area contributed by atoms with Gasteiger partial charge in [-0.25, -0.2) is 9.38 Å². The summed E-state index contributed by atoms with van der Waals surface area (Å²) in [6.07, 6.45) is 0.631. The number of aliphatic imine (C=N–C) groups is 1. The summed E-state index contributed by atoms with van der Waals surface area (Å²) in [6, 6.07) is 12.5. The molecule has 6 nitrogen and oxygen atoms in total. The molecule has 1 saturated heterocycles. The molecule has 9 heteroatoms. The smallest absolute Gasteiger partial charge is 0.242 e. The third-order valence-electron chi connectivity index (χ3n) is 4.28. The van der Waals surface area contributed by atoms with Crippen LogP contribution >= 0.6 is 23.4 Å². The molecule has 1 heterocycles. The van der Waals surface area contributed by atoms with Crippen LogP contribution in [0.4, 0.5) is 15.8 Å². The first-order valence-electron chi connectivity index (χ1n) is 9.33. The number of amidine groups is 1. The van der Waals surface area contributed by atoms with E-state index >= 15 is 0 Å². The summed E-state index contributed by atoms with van der Waals surface area (Å²) in [5.74, 6) is -0.831. The lowest BCUT2D eigenvalue weighted by Gasteiger charge is -2.16. The SMILES string of the molecule is COCCCN1C(=O)C(CC(=O)Nc2cccc(Cl)c2)SC1=Nc1ccc(F)cc1. The molecule has 1 N–H and O–H groups in total. The van der Waals surface area contributed by atoms with Crippen molar-refractivity contribution in [1.82, 2.24) is 4.90 Å². The zero-order valence-electron chi connectivity index (χ0n) is 16.3. The van der Waals surface area contributed by atoms with Gasteiger partial charge >= 0.3 is 0 Å². The largest absolute Gasteiger partial charge is 0.385 e. The Morgan fingerprint density at radius 3 is 2.77 bits per heavy atom.